The van der Waals surface area contributed by atoms with Gasteiger partial charge in [-0.25, -0.2) is 9.78 Å². The molecule has 146 valence electrons. The Morgan fingerprint density at radius 1 is 1.14 bits per heavy atom. The molecule has 3 N–H and O–H groups in total. The van der Waals surface area contributed by atoms with E-state index in [1.54, 1.807) is 42.9 Å². The second kappa shape index (κ2) is 7.90. The maximum Gasteiger partial charge on any atom is 0.354 e. The highest BCUT2D eigenvalue weighted by atomic mass is 35.5. The number of carbonyl (C=O) groups excluding carboxylic acids is 1. The lowest BCUT2D eigenvalue weighted by Gasteiger charge is -2.07. The van der Waals surface area contributed by atoms with Crippen LogP contribution in [0.1, 0.15) is 15.4 Å². The normalized spacial score (nSPS) is 10.8. The van der Waals surface area contributed by atoms with E-state index in [2.05, 4.69) is 15.3 Å². The molecule has 3 aromatic heterocycles. The van der Waals surface area contributed by atoms with E-state index in [0.717, 1.165) is 5.69 Å². The molecular weight excluding hydrogens is 412 g/mol. The van der Waals surface area contributed by atoms with Gasteiger partial charge in [0.25, 0.3) is 5.91 Å². The average molecular weight is 427 g/mol. The van der Waals surface area contributed by atoms with E-state index in [1.807, 2.05) is 22.9 Å². The molecule has 1 aromatic carbocycles. The Bertz CT molecular complexity index is 1230. The first-order chi connectivity index (χ1) is 14.0. The molecule has 4 rings (SSSR count). The number of nitrogens with one attached hydrogen (secondary N) is 1. The summed E-state index contributed by atoms with van der Waals surface area (Å²) in [6, 6.07) is 12.3. The summed E-state index contributed by atoms with van der Waals surface area (Å²) in [6.45, 7) is 0.298. The molecule has 29 heavy (non-hydrogen) atoms. The fourth-order valence-corrected chi connectivity index (χ4v) is 3.65. The maximum absolute atomic E-state index is 12.1. The molecule has 4 aromatic rings. The van der Waals surface area contributed by atoms with E-state index < -0.39 is 5.69 Å². The molecule has 0 atom stereocenters. The van der Waals surface area contributed by atoms with Gasteiger partial charge in [0.05, 0.1) is 33.5 Å². The first kappa shape index (κ1) is 18.9. The Morgan fingerprint density at radius 2 is 1.90 bits per heavy atom. The smallest absolute Gasteiger partial charge is 0.354 e. The van der Waals surface area contributed by atoms with E-state index in [4.69, 9.17) is 17.3 Å². The monoisotopic (exact) mass is 426 g/mol. The van der Waals surface area contributed by atoms with Crippen molar-refractivity contribution in [3.8, 4) is 11.4 Å². The summed E-state index contributed by atoms with van der Waals surface area (Å²) in [5, 5.41) is 2.82. The van der Waals surface area contributed by atoms with Crippen molar-refractivity contribution in [2.75, 3.05) is 5.73 Å². The lowest BCUT2D eigenvalue weighted by Crippen LogP contribution is -2.21. The number of carbonyl (C=O) groups is 1. The van der Waals surface area contributed by atoms with Crippen LogP contribution in [0.2, 0.25) is 4.34 Å². The largest absolute Gasteiger partial charge is 0.383 e. The van der Waals surface area contributed by atoms with E-state index in [1.165, 1.54) is 15.9 Å². The molecular formula is C19H15ClN6O2S. The fraction of sp³-hybridized carbons (Fsp3) is 0.0526. The van der Waals surface area contributed by atoms with Crippen molar-refractivity contribution in [2.24, 2.45) is 0 Å². The second-order valence-electron chi connectivity index (χ2n) is 6.08. The van der Waals surface area contributed by atoms with Gasteiger partial charge < -0.3 is 15.6 Å². The molecule has 0 unspecified atom stereocenters. The summed E-state index contributed by atoms with van der Waals surface area (Å²) >= 11 is 7.08. The number of benzene rings is 1. The van der Waals surface area contributed by atoms with Gasteiger partial charge in [0.1, 0.15) is 5.82 Å². The maximum atomic E-state index is 12.1. The predicted octanol–water partition coefficient (Wildman–Crippen LogP) is 2.65. The summed E-state index contributed by atoms with van der Waals surface area (Å²) in [6.07, 6.45) is 5.07. The summed E-state index contributed by atoms with van der Waals surface area (Å²) in [5.41, 5.74) is 7.33. The Kier molecular flexibility index (Phi) is 5.15. The van der Waals surface area contributed by atoms with Crippen LogP contribution in [0.3, 0.4) is 0 Å². The molecule has 3 heterocycles. The van der Waals surface area contributed by atoms with Crippen molar-refractivity contribution in [1.82, 2.24) is 24.4 Å². The molecule has 0 radical (unpaired) electrons. The predicted molar refractivity (Wildman–Crippen MR) is 112 cm³/mol. The lowest BCUT2D eigenvalue weighted by atomic mass is 10.2. The van der Waals surface area contributed by atoms with Gasteiger partial charge in [0, 0.05) is 18.1 Å². The third kappa shape index (κ3) is 4.20. The van der Waals surface area contributed by atoms with Crippen molar-refractivity contribution >= 4 is 34.7 Å². The topological polar surface area (TPSA) is 108 Å². The van der Waals surface area contributed by atoms with Gasteiger partial charge in [-0.2, -0.15) is 4.98 Å². The molecule has 8 nitrogen and oxygen atoms in total. The summed E-state index contributed by atoms with van der Waals surface area (Å²) in [5.74, 6) is -0.00793. The SMILES string of the molecule is Nc1ccn(-c2ccc(-n3cnc(CNC(=O)c4ccc(Cl)s4)c3)cc2)c(=O)n1. The van der Waals surface area contributed by atoms with E-state index in [9.17, 15) is 9.59 Å². The summed E-state index contributed by atoms with van der Waals surface area (Å²) in [7, 11) is 0. The number of nitrogens with zero attached hydrogens (tertiary/aromatic N) is 4. The van der Waals surface area contributed by atoms with E-state index >= 15 is 0 Å². The van der Waals surface area contributed by atoms with Crippen LogP contribution < -0.4 is 16.7 Å². The number of halogens is 1. The number of thiophene rings is 1. The van der Waals surface area contributed by atoms with Crippen molar-refractivity contribution in [2.45, 2.75) is 6.54 Å². The standard InChI is InChI=1S/C19H15ClN6O2S/c20-16-6-5-15(29-16)18(27)22-9-12-10-25(11-23-12)13-1-3-14(4-2-13)26-8-7-17(21)24-19(26)28/h1-8,10-11H,9H2,(H,22,27)(H2,21,24,28). The van der Waals surface area contributed by atoms with Gasteiger partial charge in [0.2, 0.25) is 0 Å². The number of rotatable bonds is 5. The third-order valence-corrected chi connectivity index (χ3v) is 5.34. The first-order valence-electron chi connectivity index (χ1n) is 8.52. The van der Waals surface area contributed by atoms with Crippen LogP contribution in [0.25, 0.3) is 11.4 Å². The van der Waals surface area contributed by atoms with Crippen molar-refractivity contribution in [1.29, 1.82) is 0 Å². The molecule has 0 saturated heterocycles. The minimum atomic E-state index is -0.439. The number of anilines is 1. The zero-order valence-electron chi connectivity index (χ0n) is 14.9. The number of nitrogens with two attached hydrogens (primary N) is 1. The molecule has 0 aliphatic heterocycles. The molecule has 0 saturated carbocycles. The number of amides is 1. The Balaban J connectivity index is 1.45. The van der Waals surface area contributed by atoms with Gasteiger partial charge in [-0.3, -0.25) is 9.36 Å². The van der Waals surface area contributed by atoms with Crippen LogP contribution in [0, 0.1) is 0 Å². The number of nitrogen functional groups attached to an aromatic ring is 1. The molecule has 0 fully saturated rings. The number of hydrogen-bond acceptors (Lipinski definition) is 6. The van der Waals surface area contributed by atoms with Gasteiger partial charge >= 0.3 is 5.69 Å². The highest BCUT2D eigenvalue weighted by molar-refractivity contribution is 7.17. The third-order valence-electron chi connectivity index (χ3n) is 4.11. The van der Waals surface area contributed by atoms with Gasteiger partial charge in [-0.1, -0.05) is 11.6 Å². The van der Waals surface area contributed by atoms with E-state index in [0.29, 0.717) is 27.1 Å². The fourth-order valence-electron chi connectivity index (χ4n) is 2.69. The van der Waals surface area contributed by atoms with Crippen LogP contribution in [0.5, 0.6) is 0 Å². The zero-order valence-corrected chi connectivity index (χ0v) is 16.5. The molecule has 0 aliphatic carbocycles. The van der Waals surface area contributed by atoms with Gasteiger partial charge in [-0.15, -0.1) is 11.3 Å². The highest BCUT2D eigenvalue weighted by Gasteiger charge is 2.09. The van der Waals surface area contributed by atoms with Crippen LogP contribution in [-0.2, 0) is 6.54 Å². The second-order valence-corrected chi connectivity index (χ2v) is 7.80. The minimum Gasteiger partial charge on any atom is -0.383 e. The lowest BCUT2D eigenvalue weighted by molar-refractivity contribution is 0.0954. The highest BCUT2D eigenvalue weighted by Crippen LogP contribution is 2.21. The Hall–Kier alpha value is -3.43. The molecule has 1 amide bonds. The summed E-state index contributed by atoms with van der Waals surface area (Å²) in [4.78, 5) is 32.6. The molecule has 0 bridgehead atoms. The van der Waals surface area contributed by atoms with Crippen LogP contribution in [0.15, 0.2) is 66.0 Å². The average Bonchev–Trinajstić information content (AvgIpc) is 3.36. The van der Waals surface area contributed by atoms with Gasteiger partial charge in [0.15, 0.2) is 0 Å². The first-order valence-corrected chi connectivity index (χ1v) is 9.71. The number of imidazole rings is 1. The van der Waals surface area contributed by atoms with Crippen molar-refractivity contribution < 1.29 is 4.79 Å². The van der Waals surface area contributed by atoms with Crippen molar-refractivity contribution in [3.63, 3.8) is 0 Å². The van der Waals surface area contributed by atoms with Crippen LogP contribution >= 0.6 is 22.9 Å². The molecule has 0 aliphatic rings. The molecule has 10 heteroatoms. The zero-order chi connectivity index (χ0) is 20.4. The Morgan fingerprint density at radius 3 is 2.59 bits per heavy atom. The molecule has 0 spiro atoms. The Labute approximate surface area is 174 Å². The minimum absolute atomic E-state index is 0.183. The number of hydrogen-bond donors (Lipinski definition) is 2. The summed E-state index contributed by atoms with van der Waals surface area (Å²) < 4.78 is 3.81. The van der Waals surface area contributed by atoms with Crippen LogP contribution in [-0.4, -0.2) is 25.0 Å². The van der Waals surface area contributed by atoms with Crippen molar-refractivity contribution in [3.05, 3.63) is 86.6 Å². The number of aromatic nitrogens is 4. The quantitative estimate of drug-likeness (QED) is 0.510. The van der Waals surface area contributed by atoms with E-state index in [-0.39, 0.29) is 11.7 Å². The van der Waals surface area contributed by atoms with Gasteiger partial charge in [-0.05, 0) is 42.5 Å². The van der Waals surface area contributed by atoms with Crippen LogP contribution in [0.4, 0.5) is 5.82 Å².